The van der Waals surface area contributed by atoms with Gasteiger partial charge in [0, 0.05) is 0 Å². The Hall–Kier alpha value is -0.780. The number of benzene rings is 1. The summed E-state index contributed by atoms with van der Waals surface area (Å²) in [6.07, 6.45) is 3.37. The van der Waals surface area contributed by atoms with Crippen LogP contribution in [0, 0.1) is 15.4 Å². The van der Waals surface area contributed by atoms with Gasteiger partial charge in [0.2, 0.25) is 0 Å². The molecule has 2 N–H and O–H groups in total. The lowest BCUT2D eigenvalue weighted by Crippen LogP contribution is -2.29. The molecule has 0 bridgehead atoms. The summed E-state index contributed by atoms with van der Waals surface area (Å²) in [6.45, 7) is 1.76. The summed E-state index contributed by atoms with van der Waals surface area (Å²) < 4.78 is 0.798. The number of phenolic OH excluding ortho intramolecular Hbond substituents is 1. The highest BCUT2D eigenvalue weighted by molar-refractivity contribution is 14.1. The highest BCUT2D eigenvalue weighted by Crippen LogP contribution is 2.44. The second-order valence-electron chi connectivity index (χ2n) is 5.05. The molecule has 2 rings (SSSR count). The number of aliphatic carboxylic acids is 1. The molecule has 0 radical (unpaired) electrons. The minimum absolute atomic E-state index is 0.0131. The van der Waals surface area contributed by atoms with Crippen LogP contribution in [0.5, 0.6) is 5.75 Å². The van der Waals surface area contributed by atoms with E-state index in [0.29, 0.717) is 5.92 Å². The van der Waals surface area contributed by atoms with E-state index in [0.717, 1.165) is 22.0 Å². The number of rotatable bonds is 4. The molecular weight excluding hydrogens is 343 g/mol. The number of carboxylic acid groups (broad SMARTS) is 1. The summed E-state index contributed by atoms with van der Waals surface area (Å²) in [5.74, 6) is -0.468. The smallest absolute Gasteiger partial charge is 0.306 e. The van der Waals surface area contributed by atoms with Crippen LogP contribution in [0.25, 0.3) is 0 Å². The van der Waals surface area contributed by atoms with Gasteiger partial charge < -0.3 is 10.2 Å². The third-order valence-corrected chi connectivity index (χ3v) is 4.85. The second kappa shape index (κ2) is 5.47. The van der Waals surface area contributed by atoms with E-state index >= 15 is 0 Å². The number of carboxylic acids is 1. The zero-order valence-corrected chi connectivity index (χ0v) is 12.4. The van der Waals surface area contributed by atoms with Crippen molar-refractivity contribution in [2.45, 2.75) is 32.1 Å². The number of aromatic hydroxyl groups is 1. The predicted octanol–water partition coefficient (Wildman–Crippen LogP) is 3.60. The minimum atomic E-state index is -0.759. The molecule has 3 nitrogen and oxygen atoms in total. The van der Waals surface area contributed by atoms with Crippen LogP contribution < -0.4 is 0 Å². The van der Waals surface area contributed by atoms with Gasteiger partial charge in [-0.15, -0.1) is 0 Å². The lowest BCUT2D eigenvalue weighted by molar-refractivity contribution is -0.142. The maximum atomic E-state index is 11.2. The van der Waals surface area contributed by atoms with Crippen molar-refractivity contribution in [3.63, 3.8) is 0 Å². The number of carbonyl (C=O) groups is 1. The first-order valence-electron chi connectivity index (χ1n) is 6.22. The molecule has 1 aliphatic rings. The number of hydrogen-bond acceptors (Lipinski definition) is 2. The van der Waals surface area contributed by atoms with E-state index < -0.39 is 11.9 Å². The molecule has 0 unspecified atom stereocenters. The molecule has 0 spiro atoms. The molecule has 4 heteroatoms. The van der Waals surface area contributed by atoms with Crippen LogP contribution in [0.3, 0.4) is 0 Å². The van der Waals surface area contributed by atoms with Crippen molar-refractivity contribution in [3.8, 4) is 5.75 Å². The molecule has 1 fully saturated rings. The molecule has 0 aliphatic heterocycles. The van der Waals surface area contributed by atoms with Crippen LogP contribution in [0.1, 0.15) is 37.7 Å². The summed E-state index contributed by atoms with van der Waals surface area (Å²) in [5, 5.41) is 19.0. The number of halogens is 1. The third-order valence-electron chi connectivity index (χ3n) is 3.94. The predicted molar refractivity (Wildman–Crippen MR) is 77.7 cm³/mol. The lowest BCUT2D eigenvalue weighted by atomic mass is 9.68. The zero-order valence-electron chi connectivity index (χ0n) is 10.3. The van der Waals surface area contributed by atoms with Crippen LogP contribution in [0.4, 0.5) is 0 Å². The van der Waals surface area contributed by atoms with Gasteiger partial charge in [-0.2, -0.15) is 0 Å². The molecule has 1 aliphatic carbocycles. The van der Waals surface area contributed by atoms with Crippen molar-refractivity contribution in [1.82, 2.24) is 0 Å². The summed E-state index contributed by atoms with van der Waals surface area (Å²) in [7, 11) is 0. The fourth-order valence-electron chi connectivity index (χ4n) is 2.66. The fraction of sp³-hybridized carbons (Fsp3) is 0.500. The Balaban J connectivity index is 2.32. The zero-order chi connectivity index (χ0) is 13.3. The van der Waals surface area contributed by atoms with Crippen molar-refractivity contribution in [1.29, 1.82) is 0 Å². The van der Waals surface area contributed by atoms with Crippen molar-refractivity contribution in [2.75, 3.05) is 0 Å². The van der Waals surface area contributed by atoms with Crippen LogP contribution in [0.15, 0.2) is 18.2 Å². The van der Waals surface area contributed by atoms with E-state index in [4.69, 9.17) is 0 Å². The van der Waals surface area contributed by atoms with Crippen molar-refractivity contribution in [2.24, 2.45) is 11.8 Å². The summed E-state index contributed by atoms with van der Waals surface area (Å²) in [4.78, 5) is 11.2. The van der Waals surface area contributed by atoms with E-state index in [9.17, 15) is 15.0 Å². The molecule has 1 aromatic carbocycles. The SMILES string of the molecule is C[C@H](C(=O)O)[C@H](c1ccc(I)c(O)c1)C1CCC1. The largest absolute Gasteiger partial charge is 0.507 e. The van der Waals surface area contributed by atoms with Crippen molar-refractivity contribution in [3.05, 3.63) is 27.3 Å². The first-order valence-corrected chi connectivity index (χ1v) is 7.29. The van der Waals surface area contributed by atoms with Crippen LogP contribution in [0.2, 0.25) is 0 Å². The maximum Gasteiger partial charge on any atom is 0.306 e. The Morgan fingerprint density at radius 1 is 1.44 bits per heavy atom. The van der Waals surface area contributed by atoms with E-state index in [1.54, 1.807) is 13.0 Å². The maximum absolute atomic E-state index is 11.2. The van der Waals surface area contributed by atoms with Gasteiger partial charge >= 0.3 is 5.97 Å². The Labute approximate surface area is 120 Å². The van der Waals surface area contributed by atoms with Gasteiger partial charge in [0.15, 0.2) is 0 Å². The van der Waals surface area contributed by atoms with E-state index in [1.165, 1.54) is 6.42 Å². The topological polar surface area (TPSA) is 57.5 Å². The first kappa shape index (κ1) is 13.6. The Morgan fingerprint density at radius 2 is 2.11 bits per heavy atom. The van der Waals surface area contributed by atoms with E-state index in [-0.39, 0.29) is 11.7 Å². The molecule has 0 saturated heterocycles. The van der Waals surface area contributed by atoms with Crippen LogP contribution in [-0.4, -0.2) is 16.2 Å². The molecule has 18 heavy (non-hydrogen) atoms. The Morgan fingerprint density at radius 3 is 2.56 bits per heavy atom. The van der Waals surface area contributed by atoms with Crippen LogP contribution in [-0.2, 0) is 4.79 Å². The van der Waals surface area contributed by atoms with Gasteiger partial charge in [0.1, 0.15) is 5.75 Å². The normalized spacial score (nSPS) is 19.0. The average Bonchev–Trinajstić information content (AvgIpc) is 2.26. The molecule has 1 aromatic rings. The van der Waals surface area contributed by atoms with Gasteiger partial charge in [-0.1, -0.05) is 19.4 Å². The van der Waals surface area contributed by atoms with E-state index in [1.807, 2.05) is 12.1 Å². The van der Waals surface area contributed by atoms with Gasteiger partial charge in [0.25, 0.3) is 0 Å². The summed E-state index contributed by atoms with van der Waals surface area (Å²) in [6, 6.07) is 5.53. The molecular formula is C14H17IO3. The van der Waals surface area contributed by atoms with Gasteiger partial charge in [0.05, 0.1) is 9.49 Å². The highest BCUT2D eigenvalue weighted by atomic mass is 127. The number of hydrogen-bond donors (Lipinski definition) is 2. The molecule has 0 amide bonds. The molecule has 1 saturated carbocycles. The minimum Gasteiger partial charge on any atom is -0.507 e. The molecule has 0 heterocycles. The Bertz CT molecular complexity index is 454. The van der Waals surface area contributed by atoms with E-state index in [2.05, 4.69) is 22.6 Å². The standard InChI is InChI=1S/C14H17IO3/c1-8(14(17)18)13(9-3-2-4-9)10-5-6-11(15)12(16)7-10/h5-9,13,16H,2-4H2,1H3,(H,17,18)/t8-,13-/m0/s1. The monoisotopic (exact) mass is 360 g/mol. The van der Waals surface area contributed by atoms with Crippen molar-refractivity contribution >= 4 is 28.6 Å². The van der Waals surface area contributed by atoms with Crippen LogP contribution >= 0.6 is 22.6 Å². The molecule has 0 aromatic heterocycles. The quantitative estimate of drug-likeness (QED) is 0.807. The Kier molecular flexibility index (Phi) is 4.14. The highest BCUT2D eigenvalue weighted by Gasteiger charge is 2.35. The summed E-state index contributed by atoms with van der Waals surface area (Å²) >= 11 is 2.07. The van der Waals surface area contributed by atoms with Crippen molar-refractivity contribution < 1.29 is 15.0 Å². The first-order chi connectivity index (χ1) is 8.50. The number of phenols is 1. The van der Waals surface area contributed by atoms with Gasteiger partial charge in [-0.3, -0.25) is 4.79 Å². The molecule has 2 atom stereocenters. The van der Waals surface area contributed by atoms with Gasteiger partial charge in [-0.25, -0.2) is 0 Å². The lowest BCUT2D eigenvalue weighted by Gasteiger charge is -2.36. The average molecular weight is 360 g/mol. The fourth-order valence-corrected chi connectivity index (χ4v) is 2.99. The third kappa shape index (κ3) is 2.63. The second-order valence-corrected chi connectivity index (χ2v) is 6.22. The summed E-state index contributed by atoms with van der Waals surface area (Å²) in [5.41, 5.74) is 0.951. The molecule has 98 valence electrons. The van der Waals surface area contributed by atoms with Gasteiger partial charge in [-0.05, 0) is 65.0 Å².